The van der Waals surface area contributed by atoms with E-state index in [0.717, 1.165) is 47.4 Å². The van der Waals surface area contributed by atoms with Crippen molar-refractivity contribution >= 4 is 17.1 Å². The number of aromatic nitrogens is 1. The van der Waals surface area contributed by atoms with Crippen molar-refractivity contribution in [1.29, 1.82) is 0 Å². The van der Waals surface area contributed by atoms with Gasteiger partial charge in [0.1, 0.15) is 18.1 Å². The number of hydrogen-bond donors (Lipinski definition) is 1. The zero-order chi connectivity index (χ0) is 20.2. The number of carbonyl (C=O) groups is 1. The van der Waals surface area contributed by atoms with E-state index in [-0.39, 0.29) is 5.69 Å². The van der Waals surface area contributed by atoms with E-state index in [1.807, 2.05) is 18.2 Å². The van der Waals surface area contributed by atoms with Crippen LogP contribution in [-0.2, 0) is 6.61 Å². The molecule has 146 valence electrons. The average Bonchev–Trinajstić information content (AvgIpc) is 3.24. The van der Waals surface area contributed by atoms with Gasteiger partial charge in [-0.3, -0.25) is 0 Å². The number of rotatable bonds is 6. The number of aromatic carboxylic acids is 1. The maximum atomic E-state index is 11.3. The summed E-state index contributed by atoms with van der Waals surface area (Å²) in [5.41, 5.74) is 6.67. The standard InChI is InChI=1S/C25H23NO3/c1-17-11-13-18(14-12-17)16-29-20-6-2-5-19(15-20)21-7-3-8-22(21)23-9-4-10-24(26-23)25(27)28/h2,4-6,9-15H,3,7-8,16H2,1H3,(H,27,28). The molecule has 1 aromatic heterocycles. The number of ether oxygens (including phenoxy) is 1. The SMILES string of the molecule is Cc1ccc(COc2cccc(C3=C(c4cccc(C(=O)O)n4)CCC3)c2)cc1. The third-order valence-corrected chi connectivity index (χ3v) is 5.20. The summed E-state index contributed by atoms with van der Waals surface area (Å²) in [7, 11) is 0. The van der Waals surface area contributed by atoms with Crippen molar-refractivity contribution in [2.75, 3.05) is 0 Å². The zero-order valence-electron chi connectivity index (χ0n) is 16.4. The summed E-state index contributed by atoms with van der Waals surface area (Å²) < 4.78 is 6.01. The Morgan fingerprint density at radius 1 is 1.00 bits per heavy atom. The first-order valence-electron chi connectivity index (χ1n) is 9.82. The van der Waals surface area contributed by atoms with E-state index in [4.69, 9.17) is 4.74 Å². The largest absolute Gasteiger partial charge is 0.489 e. The molecule has 0 atom stereocenters. The number of carboxylic acids is 1. The number of hydrogen-bond acceptors (Lipinski definition) is 3. The Balaban J connectivity index is 1.59. The molecule has 1 N–H and O–H groups in total. The van der Waals surface area contributed by atoms with Crippen molar-refractivity contribution in [3.8, 4) is 5.75 Å². The van der Waals surface area contributed by atoms with E-state index in [1.165, 1.54) is 17.2 Å². The molecule has 4 rings (SSSR count). The first-order chi connectivity index (χ1) is 14.1. The molecule has 0 fully saturated rings. The van der Waals surface area contributed by atoms with Crippen molar-refractivity contribution in [1.82, 2.24) is 4.98 Å². The second-order valence-electron chi connectivity index (χ2n) is 7.33. The molecular weight excluding hydrogens is 362 g/mol. The van der Waals surface area contributed by atoms with Crippen LogP contribution in [0.4, 0.5) is 0 Å². The number of nitrogens with zero attached hydrogens (tertiary/aromatic N) is 1. The minimum atomic E-state index is -1.00. The maximum Gasteiger partial charge on any atom is 0.354 e. The van der Waals surface area contributed by atoms with Crippen LogP contribution in [0.3, 0.4) is 0 Å². The van der Waals surface area contributed by atoms with E-state index in [9.17, 15) is 9.90 Å². The summed E-state index contributed by atoms with van der Waals surface area (Å²) in [5, 5.41) is 9.24. The van der Waals surface area contributed by atoms with Crippen molar-refractivity contribution in [3.63, 3.8) is 0 Å². The third kappa shape index (κ3) is 4.37. The van der Waals surface area contributed by atoms with Crippen LogP contribution < -0.4 is 4.74 Å². The zero-order valence-corrected chi connectivity index (χ0v) is 16.4. The molecule has 0 bridgehead atoms. The molecule has 2 aromatic carbocycles. The van der Waals surface area contributed by atoms with E-state index in [2.05, 4.69) is 48.3 Å². The van der Waals surface area contributed by atoms with Gasteiger partial charge in [-0.1, -0.05) is 48.0 Å². The summed E-state index contributed by atoms with van der Waals surface area (Å²) in [6, 6.07) is 21.6. The Morgan fingerprint density at radius 2 is 1.76 bits per heavy atom. The number of allylic oxidation sites excluding steroid dienone is 2. The second-order valence-corrected chi connectivity index (χ2v) is 7.33. The molecule has 0 aliphatic heterocycles. The smallest absolute Gasteiger partial charge is 0.354 e. The van der Waals surface area contributed by atoms with Gasteiger partial charge in [0.15, 0.2) is 0 Å². The second kappa shape index (κ2) is 8.31. The lowest BCUT2D eigenvalue weighted by atomic mass is 9.99. The highest BCUT2D eigenvalue weighted by atomic mass is 16.5. The maximum absolute atomic E-state index is 11.3. The van der Waals surface area contributed by atoms with Gasteiger partial charge >= 0.3 is 5.97 Å². The summed E-state index contributed by atoms with van der Waals surface area (Å²) in [5.74, 6) is -0.174. The van der Waals surface area contributed by atoms with Gasteiger partial charge in [0.25, 0.3) is 0 Å². The van der Waals surface area contributed by atoms with Crippen LogP contribution in [-0.4, -0.2) is 16.1 Å². The van der Waals surface area contributed by atoms with Crippen LogP contribution in [0.25, 0.3) is 11.1 Å². The van der Waals surface area contributed by atoms with Crippen molar-refractivity contribution in [2.45, 2.75) is 32.8 Å². The highest BCUT2D eigenvalue weighted by molar-refractivity contribution is 5.93. The predicted molar refractivity (Wildman–Crippen MR) is 114 cm³/mol. The summed E-state index contributed by atoms with van der Waals surface area (Å²) in [6.45, 7) is 2.60. The number of aryl methyl sites for hydroxylation is 1. The quantitative estimate of drug-likeness (QED) is 0.586. The molecular formula is C25H23NO3. The Kier molecular flexibility index (Phi) is 5.43. The first-order valence-corrected chi connectivity index (χ1v) is 9.82. The average molecular weight is 385 g/mol. The molecule has 4 nitrogen and oxygen atoms in total. The summed E-state index contributed by atoms with van der Waals surface area (Å²) >= 11 is 0. The van der Waals surface area contributed by atoms with Crippen LogP contribution >= 0.6 is 0 Å². The number of carboxylic acid groups (broad SMARTS) is 1. The molecule has 0 unspecified atom stereocenters. The van der Waals surface area contributed by atoms with Crippen molar-refractivity contribution in [3.05, 3.63) is 94.8 Å². The summed E-state index contributed by atoms with van der Waals surface area (Å²) in [6.07, 6.45) is 2.90. The fourth-order valence-electron chi connectivity index (χ4n) is 3.69. The topological polar surface area (TPSA) is 59.4 Å². The third-order valence-electron chi connectivity index (χ3n) is 5.20. The normalized spacial score (nSPS) is 13.6. The Hall–Kier alpha value is -3.40. The van der Waals surface area contributed by atoms with E-state index < -0.39 is 5.97 Å². The molecule has 1 aliphatic carbocycles. The van der Waals surface area contributed by atoms with Gasteiger partial charge in [0.05, 0.1) is 5.69 Å². The first kappa shape index (κ1) is 18.9. The molecule has 3 aromatic rings. The molecule has 0 amide bonds. The van der Waals surface area contributed by atoms with E-state index >= 15 is 0 Å². The van der Waals surface area contributed by atoms with Crippen LogP contribution in [0.2, 0.25) is 0 Å². The van der Waals surface area contributed by atoms with Gasteiger partial charge < -0.3 is 9.84 Å². The van der Waals surface area contributed by atoms with Gasteiger partial charge in [0, 0.05) is 0 Å². The van der Waals surface area contributed by atoms with Crippen LogP contribution in [0.5, 0.6) is 5.75 Å². The van der Waals surface area contributed by atoms with Gasteiger partial charge in [-0.15, -0.1) is 0 Å². The Labute approximate surface area is 170 Å². The van der Waals surface area contributed by atoms with Gasteiger partial charge in [-0.25, -0.2) is 9.78 Å². The highest BCUT2D eigenvalue weighted by Crippen LogP contribution is 2.39. The van der Waals surface area contributed by atoms with Crippen LogP contribution in [0.1, 0.15) is 52.1 Å². The van der Waals surface area contributed by atoms with Gasteiger partial charge in [-0.05, 0) is 72.7 Å². The molecule has 1 heterocycles. The molecule has 0 spiro atoms. The molecule has 29 heavy (non-hydrogen) atoms. The highest BCUT2D eigenvalue weighted by Gasteiger charge is 2.20. The van der Waals surface area contributed by atoms with E-state index in [0.29, 0.717) is 6.61 Å². The molecule has 4 heteroatoms. The molecule has 1 aliphatic rings. The number of benzene rings is 2. The fraction of sp³-hybridized carbons (Fsp3) is 0.200. The molecule has 0 saturated heterocycles. The van der Waals surface area contributed by atoms with Crippen molar-refractivity contribution in [2.24, 2.45) is 0 Å². The lowest BCUT2D eigenvalue weighted by molar-refractivity contribution is 0.0690. The molecule has 0 saturated carbocycles. The van der Waals surface area contributed by atoms with Crippen LogP contribution in [0.15, 0.2) is 66.7 Å². The summed E-state index contributed by atoms with van der Waals surface area (Å²) in [4.78, 5) is 15.6. The van der Waals surface area contributed by atoms with E-state index in [1.54, 1.807) is 6.07 Å². The molecule has 0 radical (unpaired) electrons. The fourth-order valence-corrected chi connectivity index (χ4v) is 3.69. The lowest BCUT2D eigenvalue weighted by Crippen LogP contribution is -2.02. The van der Waals surface area contributed by atoms with Gasteiger partial charge in [-0.2, -0.15) is 0 Å². The monoisotopic (exact) mass is 385 g/mol. The van der Waals surface area contributed by atoms with Crippen LogP contribution in [0, 0.1) is 6.92 Å². The lowest BCUT2D eigenvalue weighted by Gasteiger charge is -2.11. The van der Waals surface area contributed by atoms with Crippen molar-refractivity contribution < 1.29 is 14.6 Å². The Morgan fingerprint density at radius 3 is 2.55 bits per heavy atom. The number of pyridine rings is 1. The predicted octanol–water partition coefficient (Wildman–Crippen LogP) is 5.76. The minimum Gasteiger partial charge on any atom is -0.489 e. The minimum absolute atomic E-state index is 0.0800. The van der Waals surface area contributed by atoms with Gasteiger partial charge in [0.2, 0.25) is 0 Å². The Bertz CT molecular complexity index is 1070.